The van der Waals surface area contributed by atoms with Crippen LogP contribution >= 0.6 is 7.14 Å². The van der Waals surface area contributed by atoms with E-state index in [0.717, 1.165) is 21.9 Å². The quantitative estimate of drug-likeness (QED) is 0.373. The molecule has 0 unspecified atom stereocenters. The van der Waals surface area contributed by atoms with E-state index in [1.165, 1.54) is 0 Å². The molecule has 0 aromatic heterocycles. The van der Waals surface area contributed by atoms with Gasteiger partial charge in [-0.05, 0) is 29.8 Å². The van der Waals surface area contributed by atoms with Gasteiger partial charge in [-0.1, -0.05) is 91.0 Å². The number of methoxy groups -OCH3 is 1. The highest BCUT2D eigenvalue weighted by Gasteiger charge is 2.32. The molecule has 0 heterocycles. The Morgan fingerprint density at radius 1 is 0.758 bits per heavy atom. The van der Waals surface area contributed by atoms with Gasteiger partial charge in [0.1, 0.15) is 12.9 Å². The zero-order valence-electron chi connectivity index (χ0n) is 18.4. The third-order valence-corrected chi connectivity index (χ3v) is 8.79. The van der Waals surface area contributed by atoms with Gasteiger partial charge in [0, 0.05) is 22.3 Å². The Morgan fingerprint density at radius 3 is 1.73 bits per heavy atom. The molecule has 0 aliphatic rings. The lowest BCUT2D eigenvalue weighted by Gasteiger charge is -2.26. The standard InChI is InChI=1S/C28H26NO3P/c1-32-24-19-17-22(18-20-24)27(29-28(30)23-11-5-2-6-12-23)21-33(31,25-13-7-3-8-14-25)26-15-9-4-10-16-26/h2-20,27H,21H2,1H3,(H,29,30)/t27-/m0/s1. The topological polar surface area (TPSA) is 55.4 Å². The van der Waals surface area contributed by atoms with Crippen molar-refractivity contribution in [2.24, 2.45) is 0 Å². The van der Waals surface area contributed by atoms with Gasteiger partial charge in [0.25, 0.3) is 5.91 Å². The molecule has 0 saturated carbocycles. The van der Waals surface area contributed by atoms with E-state index in [2.05, 4.69) is 5.32 Å². The molecule has 0 spiro atoms. The highest BCUT2D eigenvalue weighted by Crippen LogP contribution is 2.46. The van der Waals surface area contributed by atoms with E-state index in [0.29, 0.717) is 5.56 Å². The fourth-order valence-corrected chi connectivity index (χ4v) is 6.70. The van der Waals surface area contributed by atoms with Gasteiger partial charge in [0.05, 0.1) is 13.2 Å². The number of amides is 1. The molecule has 1 amide bonds. The van der Waals surface area contributed by atoms with Gasteiger partial charge in [-0.25, -0.2) is 0 Å². The van der Waals surface area contributed by atoms with Crippen molar-refractivity contribution in [1.29, 1.82) is 0 Å². The normalized spacial score (nSPS) is 12.0. The second kappa shape index (κ2) is 10.3. The Kier molecular flexibility index (Phi) is 7.07. The molecule has 4 rings (SSSR count). The highest BCUT2D eigenvalue weighted by atomic mass is 31.2. The van der Waals surface area contributed by atoms with Gasteiger partial charge in [0.2, 0.25) is 0 Å². The number of benzene rings is 4. The lowest BCUT2D eigenvalue weighted by Crippen LogP contribution is -2.33. The lowest BCUT2D eigenvalue weighted by molar-refractivity contribution is 0.0940. The second-order valence-electron chi connectivity index (χ2n) is 7.76. The van der Waals surface area contributed by atoms with Crippen molar-refractivity contribution in [3.8, 4) is 5.75 Å². The summed E-state index contributed by atoms with van der Waals surface area (Å²) < 4.78 is 20.0. The van der Waals surface area contributed by atoms with Crippen LogP contribution in [0.5, 0.6) is 5.75 Å². The van der Waals surface area contributed by atoms with Crippen LogP contribution in [0.2, 0.25) is 0 Å². The summed E-state index contributed by atoms with van der Waals surface area (Å²) in [6.45, 7) is 0. The minimum atomic E-state index is -3.06. The Balaban J connectivity index is 1.76. The summed E-state index contributed by atoms with van der Waals surface area (Å²) in [6, 6.07) is 35.2. The summed E-state index contributed by atoms with van der Waals surface area (Å²) in [7, 11) is -1.44. The number of carbonyl (C=O) groups is 1. The predicted molar refractivity (Wildman–Crippen MR) is 134 cm³/mol. The van der Waals surface area contributed by atoms with Crippen molar-refractivity contribution < 1.29 is 14.1 Å². The molecule has 0 aliphatic carbocycles. The maximum absolute atomic E-state index is 14.7. The average molecular weight is 455 g/mol. The Hall–Kier alpha value is -3.62. The molecular formula is C28H26NO3P. The monoisotopic (exact) mass is 455 g/mol. The van der Waals surface area contributed by atoms with Crippen molar-refractivity contribution in [2.75, 3.05) is 13.3 Å². The van der Waals surface area contributed by atoms with Gasteiger partial charge in [-0.2, -0.15) is 0 Å². The zero-order valence-corrected chi connectivity index (χ0v) is 19.3. The molecule has 4 nitrogen and oxygen atoms in total. The van der Waals surface area contributed by atoms with Crippen LogP contribution in [0.1, 0.15) is 22.0 Å². The van der Waals surface area contributed by atoms with Gasteiger partial charge in [-0.3, -0.25) is 4.79 Å². The summed E-state index contributed by atoms with van der Waals surface area (Å²) >= 11 is 0. The third-order valence-electron chi connectivity index (χ3n) is 5.65. The Bertz CT molecular complexity index is 1180. The zero-order chi connectivity index (χ0) is 23.1. The minimum Gasteiger partial charge on any atom is -0.497 e. The minimum absolute atomic E-state index is 0.205. The molecule has 4 aromatic rings. The molecule has 0 aliphatic heterocycles. The summed E-state index contributed by atoms with van der Waals surface area (Å²) in [6.07, 6.45) is 0.256. The molecule has 0 radical (unpaired) electrons. The first-order valence-electron chi connectivity index (χ1n) is 10.8. The number of ether oxygens (including phenoxy) is 1. The molecule has 5 heteroatoms. The fourth-order valence-electron chi connectivity index (χ4n) is 3.86. The van der Waals surface area contributed by atoms with Crippen molar-refractivity contribution >= 4 is 23.7 Å². The van der Waals surface area contributed by atoms with E-state index < -0.39 is 13.2 Å². The van der Waals surface area contributed by atoms with Gasteiger partial charge in [-0.15, -0.1) is 0 Å². The van der Waals surface area contributed by atoms with Crippen LogP contribution < -0.4 is 20.7 Å². The molecule has 0 bridgehead atoms. The summed E-state index contributed by atoms with van der Waals surface area (Å²) in [5, 5.41) is 4.66. The molecule has 1 N–H and O–H groups in total. The summed E-state index contributed by atoms with van der Waals surface area (Å²) in [5.74, 6) is 0.519. The smallest absolute Gasteiger partial charge is 0.251 e. The first kappa shape index (κ1) is 22.6. The van der Waals surface area contributed by atoms with Crippen LogP contribution in [-0.2, 0) is 4.57 Å². The van der Waals surface area contributed by atoms with Crippen molar-refractivity contribution in [3.63, 3.8) is 0 Å². The van der Waals surface area contributed by atoms with Crippen LogP contribution in [0.3, 0.4) is 0 Å². The Morgan fingerprint density at radius 2 is 1.24 bits per heavy atom. The third kappa shape index (κ3) is 5.24. The van der Waals surface area contributed by atoms with Crippen molar-refractivity contribution in [2.45, 2.75) is 6.04 Å². The molecule has 0 saturated heterocycles. The number of rotatable bonds is 8. The predicted octanol–water partition coefficient (Wildman–Crippen LogP) is 5.18. The number of carbonyl (C=O) groups excluding carboxylic acids is 1. The Labute approximate surface area is 194 Å². The highest BCUT2D eigenvalue weighted by molar-refractivity contribution is 7.78. The molecule has 33 heavy (non-hydrogen) atoms. The van der Waals surface area contributed by atoms with E-state index in [-0.39, 0.29) is 12.1 Å². The van der Waals surface area contributed by atoms with E-state index in [1.807, 2.05) is 103 Å². The lowest BCUT2D eigenvalue weighted by atomic mass is 10.1. The van der Waals surface area contributed by atoms with Crippen molar-refractivity contribution in [3.05, 3.63) is 126 Å². The van der Waals surface area contributed by atoms with Gasteiger partial charge >= 0.3 is 0 Å². The average Bonchev–Trinajstić information content (AvgIpc) is 2.89. The first-order chi connectivity index (χ1) is 16.1. The van der Waals surface area contributed by atoms with Crippen LogP contribution in [0.15, 0.2) is 115 Å². The maximum atomic E-state index is 14.7. The van der Waals surface area contributed by atoms with Crippen LogP contribution in [0, 0.1) is 0 Å². The van der Waals surface area contributed by atoms with Crippen LogP contribution in [0.25, 0.3) is 0 Å². The molecule has 4 aromatic carbocycles. The van der Waals surface area contributed by atoms with Gasteiger partial charge in [0.15, 0.2) is 0 Å². The van der Waals surface area contributed by atoms with Crippen molar-refractivity contribution in [1.82, 2.24) is 5.32 Å². The second-order valence-corrected chi connectivity index (χ2v) is 10.6. The molecule has 0 fully saturated rings. The van der Waals surface area contributed by atoms with Crippen LogP contribution in [-0.4, -0.2) is 19.2 Å². The SMILES string of the molecule is COc1ccc([C@H](CP(=O)(c2ccccc2)c2ccccc2)NC(=O)c2ccccc2)cc1. The summed E-state index contributed by atoms with van der Waals surface area (Å²) in [5.41, 5.74) is 1.43. The fraction of sp³-hybridized carbons (Fsp3) is 0.107. The number of nitrogens with one attached hydrogen (secondary N) is 1. The molecule has 1 atom stereocenters. The number of hydrogen-bond donors (Lipinski definition) is 1. The van der Waals surface area contributed by atoms with E-state index in [1.54, 1.807) is 19.2 Å². The van der Waals surface area contributed by atoms with E-state index in [4.69, 9.17) is 4.74 Å². The van der Waals surface area contributed by atoms with E-state index in [9.17, 15) is 9.36 Å². The summed E-state index contributed by atoms with van der Waals surface area (Å²) in [4.78, 5) is 13.1. The maximum Gasteiger partial charge on any atom is 0.251 e. The largest absolute Gasteiger partial charge is 0.497 e. The van der Waals surface area contributed by atoms with Gasteiger partial charge < -0.3 is 14.6 Å². The van der Waals surface area contributed by atoms with E-state index >= 15 is 0 Å². The van der Waals surface area contributed by atoms with Crippen LogP contribution in [0.4, 0.5) is 0 Å². The first-order valence-corrected chi connectivity index (χ1v) is 12.7. The molecule has 166 valence electrons. The molecular weight excluding hydrogens is 429 g/mol. The number of hydrogen-bond acceptors (Lipinski definition) is 3.